The smallest absolute Gasteiger partial charge is 0.337 e. The van der Waals surface area contributed by atoms with Gasteiger partial charge in [-0.25, -0.2) is 4.79 Å². The molecule has 0 aromatic heterocycles. The minimum absolute atomic E-state index is 0.198. The summed E-state index contributed by atoms with van der Waals surface area (Å²) in [5, 5.41) is 2.73. The lowest BCUT2D eigenvalue weighted by Gasteiger charge is -2.36. The normalized spacial score (nSPS) is 16.6. The van der Waals surface area contributed by atoms with Crippen LogP contribution in [-0.4, -0.2) is 24.5 Å². The summed E-state index contributed by atoms with van der Waals surface area (Å²) in [7, 11) is 1.32. The second-order valence-electron chi connectivity index (χ2n) is 4.54. The summed E-state index contributed by atoms with van der Waals surface area (Å²) < 4.78 is 4.62. The van der Waals surface area contributed by atoms with Crippen molar-refractivity contribution in [2.75, 3.05) is 12.4 Å². The van der Waals surface area contributed by atoms with Crippen molar-refractivity contribution in [3.63, 3.8) is 0 Å². The van der Waals surface area contributed by atoms with Crippen LogP contribution in [0.25, 0.3) is 0 Å². The molecule has 1 amide bonds. The van der Waals surface area contributed by atoms with Gasteiger partial charge in [-0.2, -0.15) is 0 Å². The van der Waals surface area contributed by atoms with Crippen LogP contribution < -0.4 is 11.1 Å². The van der Waals surface area contributed by atoms with E-state index in [1.165, 1.54) is 7.11 Å². The van der Waals surface area contributed by atoms with E-state index in [4.69, 9.17) is 5.73 Å². The van der Waals surface area contributed by atoms with Gasteiger partial charge in [-0.1, -0.05) is 6.07 Å². The second kappa shape index (κ2) is 4.78. The van der Waals surface area contributed by atoms with Gasteiger partial charge in [0, 0.05) is 5.69 Å². The third kappa shape index (κ3) is 2.36. The molecule has 0 bridgehead atoms. The Morgan fingerprint density at radius 3 is 2.67 bits per heavy atom. The average Bonchev–Trinajstić information content (AvgIpc) is 2.35. The monoisotopic (exact) mass is 248 g/mol. The second-order valence-corrected chi connectivity index (χ2v) is 4.54. The topological polar surface area (TPSA) is 81.4 Å². The summed E-state index contributed by atoms with van der Waals surface area (Å²) in [5.74, 6) is -0.632. The Hall–Kier alpha value is -1.88. The van der Waals surface area contributed by atoms with Crippen molar-refractivity contribution in [1.29, 1.82) is 0 Å². The number of esters is 1. The number of hydrogen-bond acceptors (Lipinski definition) is 4. The average molecular weight is 248 g/mol. The Labute approximate surface area is 105 Å². The van der Waals surface area contributed by atoms with Gasteiger partial charge in [0.1, 0.15) is 0 Å². The molecule has 18 heavy (non-hydrogen) atoms. The lowest BCUT2D eigenvalue weighted by Crippen LogP contribution is -2.56. The van der Waals surface area contributed by atoms with Crippen molar-refractivity contribution >= 4 is 17.6 Å². The number of nitrogens with two attached hydrogens (primary N) is 1. The molecule has 0 heterocycles. The SMILES string of the molecule is COC(=O)c1cccc(NC(=O)C2(N)CCC2)c1. The molecule has 1 aromatic carbocycles. The molecule has 1 fully saturated rings. The zero-order valence-electron chi connectivity index (χ0n) is 10.2. The molecule has 1 aliphatic carbocycles. The van der Waals surface area contributed by atoms with E-state index in [1.807, 2.05) is 0 Å². The lowest BCUT2D eigenvalue weighted by molar-refractivity contribution is -0.123. The van der Waals surface area contributed by atoms with Gasteiger partial charge in [-0.05, 0) is 37.5 Å². The summed E-state index contributed by atoms with van der Waals surface area (Å²) in [6.07, 6.45) is 2.39. The van der Waals surface area contributed by atoms with Gasteiger partial charge in [0.25, 0.3) is 0 Å². The van der Waals surface area contributed by atoms with E-state index >= 15 is 0 Å². The predicted molar refractivity (Wildman–Crippen MR) is 67.2 cm³/mol. The van der Waals surface area contributed by atoms with Gasteiger partial charge in [0.15, 0.2) is 0 Å². The first kappa shape index (κ1) is 12.6. The maximum Gasteiger partial charge on any atom is 0.337 e. The largest absolute Gasteiger partial charge is 0.465 e. The van der Waals surface area contributed by atoms with Gasteiger partial charge >= 0.3 is 5.97 Å². The fourth-order valence-electron chi connectivity index (χ4n) is 1.88. The number of rotatable bonds is 3. The number of anilines is 1. The van der Waals surface area contributed by atoms with Gasteiger partial charge in [0.2, 0.25) is 5.91 Å². The number of amides is 1. The van der Waals surface area contributed by atoms with Crippen molar-refractivity contribution in [3.8, 4) is 0 Å². The van der Waals surface area contributed by atoms with Gasteiger partial charge < -0.3 is 15.8 Å². The highest BCUT2D eigenvalue weighted by atomic mass is 16.5. The Morgan fingerprint density at radius 2 is 2.11 bits per heavy atom. The van der Waals surface area contributed by atoms with E-state index < -0.39 is 11.5 Å². The van der Waals surface area contributed by atoms with E-state index in [-0.39, 0.29) is 5.91 Å². The quantitative estimate of drug-likeness (QED) is 0.790. The first-order chi connectivity index (χ1) is 8.55. The van der Waals surface area contributed by atoms with Crippen LogP contribution in [0.4, 0.5) is 5.69 Å². The van der Waals surface area contributed by atoms with Crippen molar-refractivity contribution in [2.45, 2.75) is 24.8 Å². The van der Waals surface area contributed by atoms with Crippen molar-refractivity contribution in [2.24, 2.45) is 5.73 Å². The van der Waals surface area contributed by atoms with Crippen LogP contribution in [0, 0.1) is 0 Å². The van der Waals surface area contributed by atoms with E-state index in [9.17, 15) is 9.59 Å². The minimum atomic E-state index is -0.749. The molecule has 1 aliphatic rings. The van der Waals surface area contributed by atoms with E-state index in [0.717, 1.165) is 6.42 Å². The molecular weight excluding hydrogens is 232 g/mol. The Bertz CT molecular complexity index is 481. The van der Waals surface area contributed by atoms with Gasteiger partial charge in [-0.15, -0.1) is 0 Å². The van der Waals surface area contributed by atoms with Crippen LogP contribution >= 0.6 is 0 Å². The molecule has 0 radical (unpaired) electrons. The molecule has 1 saturated carbocycles. The van der Waals surface area contributed by atoms with Crippen LogP contribution in [0.15, 0.2) is 24.3 Å². The van der Waals surface area contributed by atoms with Crippen molar-refractivity contribution < 1.29 is 14.3 Å². The van der Waals surface area contributed by atoms with Crippen LogP contribution in [0.3, 0.4) is 0 Å². The zero-order chi connectivity index (χ0) is 13.2. The molecule has 3 N–H and O–H groups in total. The number of benzene rings is 1. The van der Waals surface area contributed by atoms with E-state index in [0.29, 0.717) is 24.1 Å². The van der Waals surface area contributed by atoms with Crippen molar-refractivity contribution in [1.82, 2.24) is 0 Å². The van der Waals surface area contributed by atoms with E-state index in [1.54, 1.807) is 24.3 Å². The summed E-state index contributed by atoms with van der Waals surface area (Å²) in [6, 6.07) is 6.60. The highest BCUT2D eigenvalue weighted by Gasteiger charge is 2.40. The van der Waals surface area contributed by atoms with Crippen LogP contribution in [-0.2, 0) is 9.53 Å². The molecule has 0 aliphatic heterocycles. The predicted octanol–water partition coefficient (Wildman–Crippen LogP) is 1.29. The van der Waals surface area contributed by atoms with Crippen LogP contribution in [0.1, 0.15) is 29.6 Å². The summed E-state index contributed by atoms with van der Waals surface area (Å²) in [5.41, 5.74) is 6.12. The maximum absolute atomic E-state index is 11.9. The summed E-state index contributed by atoms with van der Waals surface area (Å²) >= 11 is 0. The number of ether oxygens (including phenoxy) is 1. The van der Waals surface area contributed by atoms with Crippen molar-refractivity contribution in [3.05, 3.63) is 29.8 Å². The Kier molecular flexibility index (Phi) is 3.34. The number of methoxy groups -OCH3 is 1. The number of hydrogen-bond donors (Lipinski definition) is 2. The molecule has 0 spiro atoms. The highest BCUT2D eigenvalue weighted by Crippen LogP contribution is 2.30. The summed E-state index contributed by atoms with van der Waals surface area (Å²) in [4.78, 5) is 23.3. The van der Waals surface area contributed by atoms with E-state index in [2.05, 4.69) is 10.1 Å². The third-order valence-electron chi connectivity index (χ3n) is 3.24. The fraction of sp³-hybridized carbons (Fsp3) is 0.385. The summed E-state index contributed by atoms with van der Waals surface area (Å²) in [6.45, 7) is 0. The minimum Gasteiger partial charge on any atom is -0.465 e. The van der Waals surface area contributed by atoms with Gasteiger partial charge in [-0.3, -0.25) is 4.79 Å². The van der Waals surface area contributed by atoms with Crippen LogP contribution in [0.5, 0.6) is 0 Å². The number of carbonyl (C=O) groups excluding carboxylic acids is 2. The number of nitrogens with one attached hydrogen (secondary N) is 1. The molecule has 0 unspecified atom stereocenters. The zero-order valence-corrected chi connectivity index (χ0v) is 10.2. The molecular formula is C13H16N2O3. The molecule has 1 aromatic rings. The molecule has 0 saturated heterocycles. The highest BCUT2D eigenvalue weighted by molar-refractivity contribution is 5.99. The third-order valence-corrected chi connectivity index (χ3v) is 3.24. The lowest BCUT2D eigenvalue weighted by atomic mass is 9.77. The first-order valence-electron chi connectivity index (χ1n) is 5.84. The standard InChI is InChI=1S/C13H16N2O3/c1-18-11(16)9-4-2-5-10(8-9)15-12(17)13(14)6-3-7-13/h2,4-5,8H,3,6-7,14H2,1H3,(H,15,17). The first-order valence-corrected chi connectivity index (χ1v) is 5.84. The molecule has 0 atom stereocenters. The fourth-order valence-corrected chi connectivity index (χ4v) is 1.88. The molecule has 5 heteroatoms. The Balaban J connectivity index is 2.10. The number of carbonyl (C=O) groups is 2. The van der Waals surface area contributed by atoms with Crippen LogP contribution in [0.2, 0.25) is 0 Å². The molecule has 2 rings (SSSR count). The Morgan fingerprint density at radius 1 is 1.39 bits per heavy atom. The molecule has 96 valence electrons. The maximum atomic E-state index is 11.9. The molecule has 5 nitrogen and oxygen atoms in total. The van der Waals surface area contributed by atoms with Gasteiger partial charge in [0.05, 0.1) is 18.2 Å².